The Morgan fingerprint density at radius 2 is 0.967 bits per heavy atom. The lowest BCUT2D eigenvalue weighted by molar-refractivity contribution is 0.473. The lowest BCUT2D eigenvalue weighted by atomic mass is 10.1. The predicted octanol–water partition coefficient (Wildman–Crippen LogP) is 14.0. The summed E-state index contributed by atoms with van der Waals surface area (Å²) in [6.45, 7) is 6.31. The quantitative estimate of drug-likeness (QED) is 0.0884. The van der Waals surface area contributed by atoms with Crippen LogP contribution in [0.2, 0.25) is 40.4 Å². The predicted molar refractivity (Wildman–Crippen MR) is 235 cm³/mol. The average Bonchev–Trinajstić information content (AvgIpc) is 3.20. The summed E-state index contributed by atoms with van der Waals surface area (Å²) in [6.07, 6.45) is 0. The zero-order chi connectivity index (χ0) is 44.7. The highest BCUT2D eigenvalue weighted by atomic mass is 35.5. The highest BCUT2D eigenvalue weighted by molar-refractivity contribution is 6.41. The largest absolute Gasteiger partial charge is 0.507 e. The molecule has 0 aliphatic carbocycles. The third kappa shape index (κ3) is 9.46. The van der Waals surface area contributed by atoms with E-state index in [1.54, 1.807) is 19.9 Å². The van der Waals surface area contributed by atoms with Gasteiger partial charge >= 0.3 is 0 Å². The van der Waals surface area contributed by atoms with Crippen molar-refractivity contribution in [2.24, 2.45) is 0 Å². The molecule has 8 aromatic rings. The lowest BCUT2D eigenvalue weighted by Crippen LogP contribution is -2.09. The van der Waals surface area contributed by atoms with Gasteiger partial charge in [-0.3, -0.25) is 9.59 Å². The maximum atomic E-state index is 13.7. The summed E-state index contributed by atoms with van der Waals surface area (Å²) in [5.74, 6) is -3.00. The van der Waals surface area contributed by atoms with E-state index in [2.05, 4.69) is 19.9 Å². The van der Waals surface area contributed by atoms with Crippen molar-refractivity contribution in [3.05, 3.63) is 155 Å². The molecule has 0 atom stereocenters. The van der Waals surface area contributed by atoms with E-state index in [0.29, 0.717) is 38.0 Å². The number of fused-ring (bicyclic) bond motifs is 4. The van der Waals surface area contributed by atoms with Gasteiger partial charge in [0.1, 0.15) is 33.4 Å². The maximum absolute atomic E-state index is 13.7. The zero-order valence-electron chi connectivity index (χ0n) is 30.8. The third-order valence-corrected chi connectivity index (χ3v) is 11.7. The number of halogens is 12. The summed E-state index contributed by atoms with van der Waals surface area (Å²) >= 11 is 46.2. The highest BCUT2D eigenvalue weighted by Crippen LogP contribution is 2.36. The van der Waals surface area contributed by atoms with E-state index in [1.165, 1.54) is 50.2 Å². The third-order valence-electron chi connectivity index (χ3n) is 8.82. The van der Waals surface area contributed by atoms with Crippen molar-refractivity contribution in [2.45, 2.75) is 27.7 Å². The Morgan fingerprint density at radius 3 is 1.57 bits per heavy atom. The molecule has 8 nitrogen and oxygen atoms in total. The van der Waals surface area contributed by atoms with Gasteiger partial charge in [0, 0.05) is 28.0 Å². The Morgan fingerprint density at radius 1 is 0.500 bits per heavy atom. The Bertz CT molecular complexity index is 3140. The molecular weight excluding hydrogens is 960 g/mol. The van der Waals surface area contributed by atoms with Gasteiger partial charge in [0.2, 0.25) is 0 Å². The second kappa shape index (κ2) is 18.8. The molecule has 0 saturated heterocycles. The molecule has 0 amide bonds. The molecule has 20 heteroatoms. The molecular formula is C40H24Cl8F4N4O4. The smallest absolute Gasteiger partial charge is 0.255 e. The van der Waals surface area contributed by atoms with Crippen molar-refractivity contribution >= 4 is 136 Å². The van der Waals surface area contributed by atoms with Crippen molar-refractivity contribution in [2.75, 3.05) is 0 Å². The zero-order valence-corrected chi connectivity index (χ0v) is 36.8. The van der Waals surface area contributed by atoms with Crippen LogP contribution in [0, 0.1) is 51.0 Å². The molecule has 312 valence electrons. The summed E-state index contributed by atoms with van der Waals surface area (Å²) in [5.41, 5.74) is 1.84. The Labute approximate surface area is 376 Å². The van der Waals surface area contributed by atoms with Crippen molar-refractivity contribution in [3.63, 3.8) is 0 Å². The van der Waals surface area contributed by atoms with Crippen LogP contribution in [0.4, 0.5) is 17.6 Å². The van der Waals surface area contributed by atoms with Gasteiger partial charge in [0.15, 0.2) is 11.6 Å². The van der Waals surface area contributed by atoms with Gasteiger partial charge < -0.3 is 20.2 Å². The molecule has 8 rings (SSSR count). The molecule has 4 N–H and O–H groups in total. The Balaban J connectivity index is 0.000000152. The fourth-order valence-electron chi connectivity index (χ4n) is 5.37. The van der Waals surface area contributed by atoms with E-state index in [-0.39, 0.29) is 79.9 Å². The molecule has 0 bridgehead atoms. The molecule has 4 aromatic carbocycles. The SMILES string of the molecule is Cc1c(Cl)nc2cc(F)c(Cl)cc2c1Cl.Cc1c(Cl)nc2ccc(Cl)c(F)c2c1Cl.Cc1c(O)c2c(F)c(Cl)ccc2[nH]c1=O.Cc1c(O)c2cc(Cl)c(F)cc2[nH]c1=O. The van der Waals surface area contributed by atoms with Crippen molar-refractivity contribution in [3.8, 4) is 11.5 Å². The normalized spacial score (nSPS) is 10.9. The highest BCUT2D eigenvalue weighted by Gasteiger charge is 2.17. The number of nitrogens with zero attached hydrogens (tertiary/aromatic N) is 2. The number of hydrogen-bond donors (Lipinski definition) is 4. The number of rotatable bonds is 0. The van der Waals surface area contributed by atoms with Crippen LogP contribution in [0.15, 0.2) is 58.1 Å². The minimum Gasteiger partial charge on any atom is -0.507 e. The number of aromatic nitrogens is 4. The molecule has 4 heterocycles. The van der Waals surface area contributed by atoms with Crippen LogP contribution in [0.25, 0.3) is 43.6 Å². The number of H-pyrrole nitrogens is 2. The number of aromatic hydroxyl groups is 2. The molecule has 0 aliphatic heterocycles. The molecule has 0 aliphatic rings. The van der Waals surface area contributed by atoms with Crippen LogP contribution in [-0.4, -0.2) is 30.1 Å². The Kier molecular flexibility index (Phi) is 14.7. The fourth-order valence-corrected chi connectivity index (χ4v) is 6.99. The van der Waals surface area contributed by atoms with E-state index in [9.17, 15) is 37.4 Å². The van der Waals surface area contributed by atoms with E-state index in [4.69, 9.17) is 92.8 Å². The molecule has 0 spiro atoms. The van der Waals surface area contributed by atoms with E-state index in [1.807, 2.05) is 0 Å². The van der Waals surface area contributed by atoms with Gasteiger partial charge in [-0.25, -0.2) is 27.5 Å². The minimum atomic E-state index is -0.731. The summed E-state index contributed by atoms with van der Waals surface area (Å²) < 4.78 is 53.5. The van der Waals surface area contributed by atoms with E-state index >= 15 is 0 Å². The first-order valence-corrected chi connectivity index (χ1v) is 19.7. The number of benzene rings is 4. The summed E-state index contributed by atoms with van der Waals surface area (Å²) in [7, 11) is 0. The van der Waals surface area contributed by atoms with Gasteiger partial charge in [0.25, 0.3) is 11.1 Å². The van der Waals surface area contributed by atoms with Crippen LogP contribution >= 0.6 is 92.8 Å². The van der Waals surface area contributed by atoms with Crippen LogP contribution in [0.5, 0.6) is 11.5 Å². The van der Waals surface area contributed by atoms with Crippen LogP contribution < -0.4 is 11.1 Å². The maximum Gasteiger partial charge on any atom is 0.255 e. The van der Waals surface area contributed by atoms with Gasteiger partial charge in [-0.05, 0) is 70.2 Å². The average molecular weight is 984 g/mol. The summed E-state index contributed by atoms with van der Waals surface area (Å²) in [5, 5.41) is 21.5. The van der Waals surface area contributed by atoms with E-state index in [0.717, 1.165) is 6.07 Å². The van der Waals surface area contributed by atoms with Crippen molar-refractivity contribution in [1.29, 1.82) is 0 Å². The molecule has 0 unspecified atom stereocenters. The Hall–Kier alpha value is -4.24. The number of hydrogen-bond acceptors (Lipinski definition) is 6. The van der Waals surface area contributed by atoms with Gasteiger partial charge in [-0.2, -0.15) is 0 Å². The lowest BCUT2D eigenvalue weighted by Gasteiger charge is -2.07. The van der Waals surface area contributed by atoms with E-state index < -0.39 is 34.4 Å². The molecule has 0 radical (unpaired) electrons. The van der Waals surface area contributed by atoms with Gasteiger partial charge in [0.05, 0.1) is 74.1 Å². The van der Waals surface area contributed by atoms with Gasteiger partial charge in [-0.15, -0.1) is 0 Å². The fraction of sp³-hybridized carbons (Fsp3) is 0.100. The van der Waals surface area contributed by atoms with Crippen LogP contribution in [0.3, 0.4) is 0 Å². The minimum absolute atomic E-state index is 0.0212. The monoisotopic (exact) mass is 980 g/mol. The standard InChI is InChI=1S/2C10H5Cl3FN.2C10H7ClFNO2/c1-4-9(12)5-2-6(11)7(14)3-8(5)15-10(4)13;1-4-8(12)7-6(15-10(4)13)3-2-5(11)9(7)14;1-4-9(14)5-2-6(11)7(12)3-8(5)13-10(4)15;1-4-9(14)7-6(13-10(4)15)3-2-5(11)8(7)12/h2*2-3H,1H3;2*2-3H,1H3,(H2,13,14,15). The number of pyridine rings is 4. The summed E-state index contributed by atoms with van der Waals surface area (Å²) in [4.78, 5) is 35.5. The topological polar surface area (TPSA) is 132 Å². The van der Waals surface area contributed by atoms with Crippen molar-refractivity contribution < 1.29 is 27.8 Å². The molecule has 4 aromatic heterocycles. The van der Waals surface area contributed by atoms with Gasteiger partial charge in [-0.1, -0.05) is 92.8 Å². The number of nitrogens with one attached hydrogen (secondary N) is 2. The summed E-state index contributed by atoms with van der Waals surface area (Å²) in [6, 6.07) is 10.8. The van der Waals surface area contributed by atoms with Crippen LogP contribution in [-0.2, 0) is 0 Å². The second-order valence-electron chi connectivity index (χ2n) is 12.7. The molecule has 60 heavy (non-hydrogen) atoms. The van der Waals surface area contributed by atoms with Crippen molar-refractivity contribution in [1.82, 2.24) is 19.9 Å². The van der Waals surface area contributed by atoms with Crippen LogP contribution in [0.1, 0.15) is 22.3 Å². The first-order chi connectivity index (χ1) is 28.0. The molecule has 0 saturated carbocycles. The first-order valence-electron chi connectivity index (χ1n) is 16.6. The first kappa shape index (κ1) is 46.8. The number of aromatic amines is 2. The second-order valence-corrected chi connectivity index (χ2v) is 15.8. The molecule has 0 fully saturated rings.